The molecule has 0 bridgehead atoms. The number of anilines is 1. The Labute approximate surface area is 200 Å². The van der Waals surface area contributed by atoms with Crippen LogP contribution >= 0.6 is 0 Å². The van der Waals surface area contributed by atoms with Crippen molar-refractivity contribution in [1.29, 1.82) is 0 Å². The Bertz CT molecular complexity index is 1150. The molecule has 1 aliphatic rings. The highest BCUT2D eigenvalue weighted by Gasteiger charge is 2.35. The Morgan fingerprint density at radius 3 is 2.12 bits per heavy atom. The number of phenols is 1. The molecule has 2 aromatic rings. The Kier molecular flexibility index (Phi) is 6.69. The third-order valence-electron chi connectivity index (χ3n) is 5.71. The van der Waals surface area contributed by atoms with Crippen molar-refractivity contribution in [2.75, 3.05) is 11.9 Å². The van der Waals surface area contributed by atoms with Crippen LogP contribution in [-0.4, -0.2) is 40.1 Å². The Hall–Kier alpha value is -3.48. The summed E-state index contributed by atoms with van der Waals surface area (Å²) in [5.74, 6) is -0.806. The molecule has 0 fully saturated rings. The Morgan fingerprint density at radius 2 is 1.59 bits per heavy atom. The maximum Gasteiger partial charge on any atom is 0.351 e. The minimum atomic E-state index is -0.745. The molecule has 1 heterocycles. The molecule has 0 atom stereocenters. The van der Waals surface area contributed by atoms with Gasteiger partial charge in [0.15, 0.2) is 0 Å². The van der Waals surface area contributed by atoms with Gasteiger partial charge in [-0.1, -0.05) is 65.8 Å². The van der Waals surface area contributed by atoms with Gasteiger partial charge in [-0.15, -0.1) is 0 Å². The zero-order chi connectivity index (χ0) is 25.4. The van der Waals surface area contributed by atoms with Gasteiger partial charge in [0.05, 0.1) is 0 Å². The lowest BCUT2D eigenvalue weighted by atomic mass is 9.78. The molecule has 3 rings (SSSR count). The van der Waals surface area contributed by atoms with Gasteiger partial charge in [-0.25, -0.2) is 9.69 Å². The summed E-state index contributed by atoms with van der Waals surface area (Å²) in [5.41, 5.74) is 3.32. The standard InChI is InChI=1S/C27H33N3O4/c1-16-9-8-10-18(11-16)28-22(31)15-30-24(33)21(29-25(30)34)14-17-12-19(26(2,3)4)23(32)20(13-17)27(5,6)7/h8-13,32H,14-15H2,1-7H3,(H,28,31). The highest BCUT2D eigenvalue weighted by atomic mass is 16.3. The molecular weight excluding hydrogens is 430 g/mol. The fourth-order valence-corrected chi connectivity index (χ4v) is 3.92. The molecule has 0 saturated carbocycles. The van der Waals surface area contributed by atoms with Crippen molar-refractivity contribution < 1.29 is 19.5 Å². The van der Waals surface area contributed by atoms with Crippen LogP contribution in [0.15, 0.2) is 41.4 Å². The number of imide groups is 1. The molecule has 7 nitrogen and oxygen atoms in total. The van der Waals surface area contributed by atoms with Crippen LogP contribution in [-0.2, 0) is 26.8 Å². The van der Waals surface area contributed by atoms with E-state index in [1.807, 2.05) is 72.7 Å². The van der Waals surface area contributed by atoms with Crippen molar-refractivity contribution in [2.24, 2.45) is 4.99 Å². The molecule has 0 spiro atoms. The van der Waals surface area contributed by atoms with Crippen molar-refractivity contribution in [1.82, 2.24) is 4.90 Å². The van der Waals surface area contributed by atoms with E-state index in [9.17, 15) is 19.5 Å². The minimum Gasteiger partial charge on any atom is -0.507 e. The molecule has 0 unspecified atom stereocenters. The van der Waals surface area contributed by atoms with Crippen molar-refractivity contribution >= 4 is 29.2 Å². The fourth-order valence-electron chi connectivity index (χ4n) is 3.92. The van der Waals surface area contributed by atoms with Gasteiger partial charge < -0.3 is 10.4 Å². The number of urea groups is 1. The zero-order valence-corrected chi connectivity index (χ0v) is 20.9. The normalized spacial score (nSPS) is 14.4. The van der Waals surface area contributed by atoms with Gasteiger partial charge >= 0.3 is 6.03 Å². The van der Waals surface area contributed by atoms with E-state index in [0.717, 1.165) is 27.2 Å². The first-order valence-corrected chi connectivity index (χ1v) is 11.3. The van der Waals surface area contributed by atoms with Gasteiger partial charge in [-0.2, -0.15) is 4.99 Å². The Morgan fingerprint density at radius 1 is 1.00 bits per heavy atom. The number of aromatic hydroxyl groups is 1. The number of aryl methyl sites for hydroxylation is 1. The zero-order valence-electron chi connectivity index (χ0n) is 20.9. The van der Waals surface area contributed by atoms with Gasteiger partial charge in [-0.3, -0.25) is 9.59 Å². The summed E-state index contributed by atoms with van der Waals surface area (Å²) < 4.78 is 0. The topological polar surface area (TPSA) is 99.1 Å². The third kappa shape index (κ3) is 5.53. The van der Waals surface area contributed by atoms with Gasteiger partial charge in [0.2, 0.25) is 5.91 Å². The van der Waals surface area contributed by atoms with Gasteiger partial charge in [0.1, 0.15) is 18.0 Å². The second kappa shape index (κ2) is 9.05. The van der Waals surface area contributed by atoms with Crippen LogP contribution in [0.5, 0.6) is 5.75 Å². The molecule has 180 valence electrons. The predicted molar refractivity (Wildman–Crippen MR) is 134 cm³/mol. The summed E-state index contributed by atoms with van der Waals surface area (Å²) in [6.45, 7) is 13.5. The van der Waals surface area contributed by atoms with Crippen LogP contribution in [0.1, 0.15) is 63.8 Å². The van der Waals surface area contributed by atoms with E-state index in [4.69, 9.17) is 0 Å². The maximum atomic E-state index is 12.9. The molecule has 1 aliphatic heterocycles. The summed E-state index contributed by atoms with van der Waals surface area (Å²) in [6.07, 6.45) is 0.132. The predicted octanol–water partition coefficient (Wildman–Crippen LogP) is 4.88. The SMILES string of the molecule is Cc1cccc(NC(=O)CN2C(=O)N=C(Cc3cc(C(C)(C)C)c(O)c(C(C)(C)C)c3)C2=O)c1. The number of carbonyl (C=O) groups excluding carboxylic acids is 3. The van der Waals surface area contributed by atoms with Crippen molar-refractivity contribution in [3.8, 4) is 5.75 Å². The van der Waals surface area contributed by atoms with Crippen molar-refractivity contribution in [2.45, 2.75) is 65.7 Å². The molecule has 2 aromatic carbocycles. The molecule has 2 N–H and O–H groups in total. The van der Waals surface area contributed by atoms with E-state index in [2.05, 4.69) is 10.3 Å². The van der Waals surface area contributed by atoms with Crippen LogP contribution < -0.4 is 5.32 Å². The number of nitrogens with one attached hydrogen (secondary N) is 1. The van der Waals surface area contributed by atoms with Crippen molar-refractivity contribution in [3.05, 3.63) is 58.7 Å². The molecule has 0 aromatic heterocycles. The quantitative estimate of drug-likeness (QED) is 0.660. The number of hydrogen-bond donors (Lipinski definition) is 2. The van der Waals surface area contributed by atoms with Gasteiger partial charge in [-0.05, 0) is 52.1 Å². The molecular formula is C27H33N3O4. The van der Waals surface area contributed by atoms with Gasteiger partial charge in [0.25, 0.3) is 5.91 Å². The second-order valence-corrected chi connectivity index (χ2v) is 10.9. The summed E-state index contributed by atoms with van der Waals surface area (Å²) in [6, 6.07) is 10.2. The Balaban J connectivity index is 1.80. The lowest BCUT2D eigenvalue weighted by molar-refractivity contribution is -0.125. The number of amides is 4. The second-order valence-electron chi connectivity index (χ2n) is 10.9. The lowest BCUT2D eigenvalue weighted by Gasteiger charge is -2.28. The van der Waals surface area contributed by atoms with E-state index < -0.39 is 24.4 Å². The first-order valence-electron chi connectivity index (χ1n) is 11.3. The number of rotatable bonds is 5. The number of nitrogens with zero attached hydrogens (tertiary/aromatic N) is 2. The van der Waals surface area contributed by atoms with Crippen LogP contribution in [0.25, 0.3) is 0 Å². The first kappa shape index (κ1) is 25.1. The van der Waals surface area contributed by atoms with E-state index >= 15 is 0 Å². The largest absolute Gasteiger partial charge is 0.507 e. The molecule has 4 amide bonds. The summed E-state index contributed by atoms with van der Waals surface area (Å²) in [7, 11) is 0. The highest BCUT2D eigenvalue weighted by Crippen LogP contribution is 2.40. The van der Waals surface area contributed by atoms with E-state index in [1.54, 1.807) is 12.1 Å². The minimum absolute atomic E-state index is 0.0822. The van der Waals surface area contributed by atoms with E-state index in [1.165, 1.54) is 0 Å². The number of aliphatic imine (C=N–C) groups is 1. The third-order valence-corrected chi connectivity index (χ3v) is 5.71. The number of carbonyl (C=O) groups is 3. The van der Waals surface area contributed by atoms with Crippen LogP contribution in [0, 0.1) is 6.92 Å². The monoisotopic (exact) mass is 463 g/mol. The number of phenolic OH excluding ortho intramolecular Hbond substituents is 1. The maximum absolute atomic E-state index is 12.9. The van der Waals surface area contributed by atoms with Crippen LogP contribution in [0.2, 0.25) is 0 Å². The van der Waals surface area contributed by atoms with Crippen LogP contribution in [0.3, 0.4) is 0 Å². The average Bonchev–Trinajstić information content (AvgIpc) is 2.94. The van der Waals surface area contributed by atoms with Crippen LogP contribution in [0.4, 0.5) is 10.5 Å². The molecule has 7 heteroatoms. The smallest absolute Gasteiger partial charge is 0.351 e. The fraction of sp³-hybridized carbons (Fsp3) is 0.407. The molecule has 34 heavy (non-hydrogen) atoms. The van der Waals surface area contributed by atoms with E-state index in [-0.39, 0.29) is 28.7 Å². The van der Waals surface area contributed by atoms with E-state index in [0.29, 0.717) is 5.69 Å². The van der Waals surface area contributed by atoms with Gasteiger partial charge in [0, 0.05) is 12.1 Å². The van der Waals surface area contributed by atoms with Crippen molar-refractivity contribution in [3.63, 3.8) is 0 Å². The average molecular weight is 464 g/mol. The molecule has 0 aliphatic carbocycles. The molecule has 0 radical (unpaired) electrons. The first-order chi connectivity index (χ1) is 15.7. The number of hydrogen-bond acceptors (Lipinski definition) is 4. The summed E-state index contributed by atoms with van der Waals surface area (Å²) in [5, 5.41) is 13.6. The summed E-state index contributed by atoms with van der Waals surface area (Å²) in [4.78, 5) is 42.6. The molecule has 0 saturated heterocycles. The number of benzene rings is 2. The highest BCUT2D eigenvalue weighted by molar-refractivity contribution is 6.46. The summed E-state index contributed by atoms with van der Waals surface area (Å²) >= 11 is 0. The lowest BCUT2D eigenvalue weighted by Crippen LogP contribution is -2.39.